The predicted molar refractivity (Wildman–Crippen MR) is 61.7 cm³/mol. The molecule has 0 saturated heterocycles. The number of hydrogen-bond donors (Lipinski definition) is 4. The lowest BCUT2D eigenvalue weighted by Gasteiger charge is -2.19. The Hall–Kier alpha value is -1.84. The van der Waals surface area contributed by atoms with Gasteiger partial charge in [0, 0.05) is 0 Å². The Balaban J connectivity index is 2.12. The lowest BCUT2D eigenvalue weighted by atomic mass is 10.2. The highest BCUT2D eigenvalue weighted by Gasteiger charge is 2.50. The van der Waals surface area contributed by atoms with Crippen LogP contribution in [0.2, 0.25) is 0 Å². The highest BCUT2D eigenvalue weighted by Crippen LogP contribution is 2.35. The molecule has 1 fully saturated rings. The Kier molecular flexibility index (Phi) is 2.62. The second kappa shape index (κ2) is 4.08. The highest BCUT2D eigenvalue weighted by molar-refractivity contribution is 5.81. The topological polar surface area (TPSA) is 130 Å². The van der Waals surface area contributed by atoms with Crippen LogP contribution in [0, 0.1) is 0 Å². The van der Waals surface area contributed by atoms with Gasteiger partial charge in [-0.05, 0) is 0 Å². The van der Waals surface area contributed by atoms with Crippen molar-refractivity contribution in [1.29, 1.82) is 0 Å². The number of rotatable bonds is 1. The number of fused-ring (bicyclic) bond motifs is 1. The molecule has 0 spiro atoms. The van der Waals surface area contributed by atoms with E-state index in [1.807, 2.05) is 0 Å². The molecule has 0 aliphatic heterocycles. The molecule has 2 aromatic rings. The van der Waals surface area contributed by atoms with Crippen LogP contribution in [0.4, 0.5) is 10.2 Å². The fourth-order valence-corrected chi connectivity index (χ4v) is 2.39. The lowest BCUT2D eigenvalue weighted by Crippen LogP contribution is -2.31. The molecular weight excluding hydrogens is 257 g/mol. The summed E-state index contributed by atoms with van der Waals surface area (Å²) >= 11 is 0. The van der Waals surface area contributed by atoms with Crippen LogP contribution in [0.15, 0.2) is 12.7 Å². The number of nitrogen functional groups attached to an aromatic ring is 1. The molecular formula is C10H12FN5O3. The Labute approximate surface area is 106 Å². The molecule has 2 heterocycles. The van der Waals surface area contributed by atoms with Gasteiger partial charge in [0.05, 0.1) is 12.4 Å². The summed E-state index contributed by atoms with van der Waals surface area (Å²) in [5.41, 5.74) is 6.12. The van der Waals surface area contributed by atoms with E-state index in [-0.39, 0.29) is 17.0 Å². The van der Waals surface area contributed by atoms with Crippen molar-refractivity contribution in [1.82, 2.24) is 19.5 Å². The minimum atomic E-state index is -1.83. The van der Waals surface area contributed by atoms with E-state index >= 15 is 0 Å². The normalized spacial score (nSPS) is 35.1. The average molecular weight is 269 g/mol. The third kappa shape index (κ3) is 1.59. The summed E-state index contributed by atoms with van der Waals surface area (Å²) in [7, 11) is 0. The number of halogens is 1. The van der Waals surface area contributed by atoms with Gasteiger partial charge in [0.2, 0.25) is 0 Å². The third-order valence-electron chi connectivity index (χ3n) is 3.41. The van der Waals surface area contributed by atoms with Crippen molar-refractivity contribution in [3.8, 4) is 0 Å². The summed E-state index contributed by atoms with van der Waals surface area (Å²) < 4.78 is 15.2. The van der Waals surface area contributed by atoms with E-state index in [4.69, 9.17) is 5.73 Å². The zero-order chi connectivity index (χ0) is 13.7. The van der Waals surface area contributed by atoms with Crippen molar-refractivity contribution < 1.29 is 19.7 Å². The summed E-state index contributed by atoms with van der Waals surface area (Å²) in [6, 6.07) is -1.18. The molecule has 1 aliphatic carbocycles. The molecule has 19 heavy (non-hydrogen) atoms. The molecule has 0 bridgehead atoms. The van der Waals surface area contributed by atoms with Crippen molar-refractivity contribution in [2.24, 2.45) is 0 Å². The van der Waals surface area contributed by atoms with Crippen LogP contribution in [0.25, 0.3) is 11.2 Å². The lowest BCUT2D eigenvalue weighted by molar-refractivity contribution is -0.0309. The van der Waals surface area contributed by atoms with Crippen LogP contribution in [-0.2, 0) is 0 Å². The quantitative estimate of drug-likeness (QED) is 0.489. The van der Waals surface area contributed by atoms with Gasteiger partial charge in [-0.25, -0.2) is 19.3 Å². The van der Waals surface area contributed by atoms with Crippen LogP contribution in [0.3, 0.4) is 0 Å². The van der Waals surface area contributed by atoms with Gasteiger partial charge < -0.3 is 25.6 Å². The van der Waals surface area contributed by atoms with Crippen LogP contribution in [-0.4, -0.2) is 59.3 Å². The van der Waals surface area contributed by atoms with Crippen molar-refractivity contribution in [2.45, 2.75) is 30.5 Å². The van der Waals surface area contributed by atoms with Gasteiger partial charge in [-0.3, -0.25) is 0 Å². The highest BCUT2D eigenvalue weighted by atomic mass is 19.1. The number of nitrogens with zero attached hydrogens (tertiary/aromatic N) is 4. The molecule has 9 heteroatoms. The number of imidazole rings is 1. The molecule has 1 aliphatic rings. The average Bonchev–Trinajstić information content (AvgIpc) is 2.89. The number of anilines is 1. The van der Waals surface area contributed by atoms with Gasteiger partial charge in [0.25, 0.3) is 0 Å². The molecule has 1 saturated carbocycles. The van der Waals surface area contributed by atoms with Crippen molar-refractivity contribution in [3.63, 3.8) is 0 Å². The second-order valence-corrected chi connectivity index (χ2v) is 4.49. The Morgan fingerprint density at radius 1 is 1.11 bits per heavy atom. The maximum Gasteiger partial charge on any atom is 0.165 e. The van der Waals surface area contributed by atoms with Gasteiger partial charge in [-0.15, -0.1) is 0 Å². The SMILES string of the molecule is Nc1ncnc2c1ncn2[C@H]1[C@H](O)[C@H](O)[C@@H](O)[C@H]1F. The number of hydrogen-bond acceptors (Lipinski definition) is 7. The number of alkyl halides is 1. The number of nitrogens with two attached hydrogens (primary N) is 1. The van der Waals surface area contributed by atoms with Gasteiger partial charge in [0.1, 0.15) is 30.2 Å². The maximum atomic E-state index is 14.0. The smallest absolute Gasteiger partial charge is 0.165 e. The first-order valence-electron chi connectivity index (χ1n) is 5.63. The number of aliphatic hydroxyl groups is 3. The second-order valence-electron chi connectivity index (χ2n) is 4.49. The van der Waals surface area contributed by atoms with Gasteiger partial charge >= 0.3 is 0 Å². The summed E-state index contributed by atoms with van der Waals surface area (Å²) in [5.74, 6) is 0.132. The molecule has 5 N–H and O–H groups in total. The molecule has 3 rings (SSSR count). The Morgan fingerprint density at radius 3 is 2.47 bits per heavy atom. The first-order chi connectivity index (χ1) is 9.02. The van der Waals surface area contributed by atoms with E-state index in [2.05, 4.69) is 15.0 Å². The summed E-state index contributed by atoms with van der Waals surface area (Å²) in [5, 5.41) is 28.8. The van der Waals surface area contributed by atoms with E-state index < -0.39 is 30.5 Å². The molecule has 0 unspecified atom stereocenters. The molecule has 0 radical (unpaired) electrons. The first kappa shape index (κ1) is 12.2. The zero-order valence-electron chi connectivity index (χ0n) is 9.63. The van der Waals surface area contributed by atoms with Crippen molar-refractivity contribution >= 4 is 17.0 Å². The summed E-state index contributed by atoms with van der Waals surface area (Å²) in [6.07, 6.45) is -4.07. The minimum Gasteiger partial charge on any atom is -0.388 e. The van der Waals surface area contributed by atoms with E-state index in [1.54, 1.807) is 0 Å². The monoisotopic (exact) mass is 269 g/mol. The zero-order valence-corrected chi connectivity index (χ0v) is 9.63. The molecule has 0 aromatic carbocycles. The van der Waals surface area contributed by atoms with Crippen LogP contribution in [0.1, 0.15) is 6.04 Å². The van der Waals surface area contributed by atoms with Crippen LogP contribution < -0.4 is 5.73 Å². The van der Waals surface area contributed by atoms with Crippen LogP contribution >= 0.6 is 0 Å². The summed E-state index contributed by atoms with van der Waals surface area (Å²) in [6.45, 7) is 0. The molecule has 2 aromatic heterocycles. The van der Waals surface area contributed by atoms with Gasteiger partial charge in [0.15, 0.2) is 17.6 Å². The molecule has 8 nitrogen and oxygen atoms in total. The standard InChI is InChI=1S/C10H12FN5O3/c11-3-5(7(18)8(19)6(3)17)16-2-15-4-9(12)13-1-14-10(4)16/h1-3,5-8,17-19H,(H2,12,13,14)/t3-,5+,6-,7-,8+/m0/s1. The Morgan fingerprint density at radius 2 is 1.84 bits per heavy atom. The maximum absolute atomic E-state index is 14.0. The van der Waals surface area contributed by atoms with Crippen molar-refractivity contribution in [2.75, 3.05) is 5.73 Å². The number of aromatic nitrogens is 4. The number of aliphatic hydroxyl groups excluding tert-OH is 3. The molecule has 0 amide bonds. The van der Waals surface area contributed by atoms with Gasteiger partial charge in [-0.2, -0.15) is 0 Å². The van der Waals surface area contributed by atoms with Crippen LogP contribution in [0.5, 0.6) is 0 Å². The Bertz CT molecular complexity index is 606. The predicted octanol–water partition coefficient (Wildman–Crippen LogP) is -1.62. The molecule has 5 atom stereocenters. The largest absolute Gasteiger partial charge is 0.388 e. The fraction of sp³-hybridized carbons (Fsp3) is 0.500. The summed E-state index contributed by atoms with van der Waals surface area (Å²) in [4.78, 5) is 11.6. The van der Waals surface area contributed by atoms with E-state index in [0.717, 1.165) is 0 Å². The fourth-order valence-electron chi connectivity index (χ4n) is 2.39. The molecule has 102 valence electrons. The minimum absolute atomic E-state index is 0.132. The first-order valence-corrected chi connectivity index (χ1v) is 5.63. The van der Waals surface area contributed by atoms with Crippen molar-refractivity contribution in [3.05, 3.63) is 12.7 Å². The third-order valence-corrected chi connectivity index (χ3v) is 3.41. The van der Waals surface area contributed by atoms with E-state index in [0.29, 0.717) is 0 Å². The van der Waals surface area contributed by atoms with Gasteiger partial charge in [-0.1, -0.05) is 0 Å². The van der Waals surface area contributed by atoms with E-state index in [9.17, 15) is 19.7 Å². The van der Waals surface area contributed by atoms with E-state index in [1.165, 1.54) is 17.2 Å².